The molecule has 6 atom stereocenters. The van der Waals surface area contributed by atoms with Crippen molar-refractivity contribution in [2.75, 3.05) is 0 Å². The summed E-state index contributed by atoms with van der Waals surface area (Å²) in [4.78, 5) is 25.9. The van der Waals surface area contributed by atoms with Crippen LogP contribution in [-0.4, -0.2) is 34.4 Å². The maximum Gasteiger partial charge on any atom is 0.338 e. The van der Waals surface area contributed by atoms with Crippen LogP contribution in [0.15, 0.2) is 22.7 Å². The third kappa shape index (κ3) is 6.17. The quantitative estimate of drug-likeness (QED) is 0.430. The standard InChI is InChI=1S/C28H44O6/c1-15(2)19-9-7-17(5)11-25(19)33-27(31)21-13-24(30)22(14-23(21)29)28(32)34-26-12-18(6)8-10-20(26)16(3)4/h15-20,25-26,29-30H,7-14H2,1-6H3/t17-,18-,19+,20+,25-,26-/m1/s1. The van der Waals surface area contributed by atoms with Gasteiger partial charge in [0.25, 0.3) is 0 Å². The number of aliphatic hydroxyl groups excluding tert-OH is 2. The summed E-state index contributed by atoms with van der Waals surface area (Å²) in [5.74, 6) is 0.707. The van der Waals surface area contributed by atoms with Gasteiger partial charge in [-0.1, -0.05) is 54.4 Å². The van der Waals surface area contributed by atoms with Crippen molar-refractivity contribution in [1.82, 2.24) is 0 Å². The first kappa shape index (κ1) is 26.6. The highest BCUT2D eigenvalue weighted by molar-refractivity contribution is 5.94. The second-order valence-electron chi connectivity index (χ2n) is 11.7. The highest BCUT2D eigenvalue weighted by atomic mass is 16.5. The SMILES string of the molecule is CC(C)[C@@H]1CC[C@@H](C)C[C@H]1OC(=O)C1=C(O)CC(C(=O)O[C@@H]2C[C@H](C)CC[C@H]2C(C)C)=C(O)C1. The molecule has 0 aromatic rings. The topological polar surface area (TPSA) is 93.1 Å². The highest BCUT2D eigenvalue weighted by Crippen LogP contribution is 2.38. The van der Waals surface area contributed by atoms with Crippen molar-refractivity contribution in [3.05, 3.63) is 22.7 Å². The largest absolute Gasteiger partial charge is 0.511 e. The Morgan fingerprint density at radius 1 is 0.706 bits per heavy atom. The van der Waals surface area contributed by atoms with Crippen LogP contribution >= 0.6 is 0 Å². The Balaban J connectivity index is 1.67. The molecule has 0 aromatic carbocycles. The molecule has 0 amide bonds. The minimum Gasteiger partial charge on any atom is -0.511 e. The maximum absolute atomic E-state index is 13.0. The average molecular weight is 477 g/mol. The Morgan fingerprint density at radius 2 is 1.06 bits per heavy atom. The number of carbonyl (C=O) groups is 2. The molecule has 192 valence electrons. The summed E-state index contributed by atoms with van der Waals surface area (Å²) in [6.07, 6.45) is 5.06. The molecular formula is C28H44O6. The molecule has 0 aromatic heterocycles. The van der Waals surface area contributed by atoms with Gasteiger partial charge in [0.2, 0.25) is 0 Å². The molecule has 0 spiro atoms. The molecule has 3 aliphatic carbocycles. The van der Waals surface area contributed by atoms with Crippen molar-refractivity contribution >= 4 is 11.9 Å². The molecule has 34 heavy (non-hydrogen) atoms. The molecule has 2 saturated carbocycles. The van der Waals surface area contributed by atoms with Gasteiger partial charge in [-0.05, 0) is 61.2 Å². The van der Waals surface area contributed by atoms with Crippen LogP contribution in [0.3, 0.4) is 0 Å². The zero-order valence-electron chi connectivity index (χ0n) is 21.8. The van der Waals surface area contributed by atoms with Crippen LogP contribution in [0.25, 0.3) is 0 Å². The van der Waals surface area contributed by atoms with Gasteiger partial charge in [-0.3, -0.25) is 0 Å². The molecule has 2 fully saturated rings. The summed E-state index contributed by atoms with van der Waals surface area (Å²) in [5.41, 5.74) is 0.0854. The first-order chi connectivity index (χ1) is 16.0. The first-order valence-electron chi connectivity index (χ1n) is 13.2. The number of hydrogen-bond acceptors (Lipinski definition) is 6. The fraction of sp³-hybridized carbons (Fsp3) is 0.786. The van der Waals surface area contributed by atoms with E-state index in [0.717, 1.165) is 38.5 Å². The average Bonchev–Trinajstić information content (AvgIpc) is 2.74. The predicted molar refractivity (Wildman–Crippen MR) is 131 cm³/mol. The molecule has 0 heterocycles. The van der Waals surface area contributed by atoms with Crippen molar-refractivity contribution in [2.45, 2.75) is 105 Å². The third-order valence-electron chi connectivity index (χ3n) is 8.32. The van der Waals surface area contributed by atoms with Gasteiger partial charge in [0.05, 0.1) is 11.1 Å². The van der Waals surface area contributed by atoms with Crippen LogP contribution in [-0.2, 0) is 19.1 Å². The zero-order chi connectivity index (χ0) is 25.2. The summed E-state index contributed by atoms with van der Waals surface area (Å²) in [6.45, 7) is 12.9. The lowest BCUT2D eigenvalue weighted by molar-refractivity contribution is -0.153. The Bertz CT molecular complexity index is 755. The number of hydrogen-bond donors (Lipinski definition) is 2. The lowest BCUT2D eigenvalue weighted by Crippen LogP contribution is -2.37. The minimum absolute atomic E-state index is 0.0427. The van der Waals surface area contributed by atoms with Gasteiger partial charge in [0.15, 0.2) is 0 Å². The summed E-state index contributed by atoms with van der Waals surface area (Å²) < 4.78 is 11.7. The van der Waals surface area contributed by atoms with E-state index in [1.807, 2.05) is 0 Å². The van der Waals surface area contributed by atoms with E-state index < -0.39 is 11.9 Å². The normalized spacial score (nSPS) is 32.8. The van der Waals surface area contributed by atoms with Crippen LogP contribution in [0.1, 0.15) is 92.9 Å². The van der Waals surface area contributed by atoms with Crippen molar-refractivity contribution < 1.29 is 29.3 Å². The third-order valence-corrected chi connectivity index (χ3v) is 8.32. The Labute approximate surface area is 204 Å². The lowest BCUT2D eigenvalue weighted by atomic mass is 9.75. The molecular weight excluding hydrogens is 432 g/mol. The zero-order valence-corrected chi connectivity index (χ0v) is 21.8. The Hall–Kier alpha value is -1.98. The number of ether oxygens (including phenoxy) is 2. The monoisotopic (exact) mass is 476 g/mol. The predicted octanol–water partition coefficient (Wildman–Crippen LogP) is 6.41. The van der Waals surface area contributed by atoms with Gasteiger partial charge in [0.1, 0.15) is 23.7 Å². The number of aliphatic hydroxyl groups is 2. The van der Waals surface area contributed by atoms with Crippen LogP contribution in [0.5, 0.6) is 0 Å². The number of esters is 2. The first-order valence-corrected chi connectivity index (χ1v) is 13.2. The van der Waals surface area contributed by atoms with Gasteiger partial charge in [-0.2, -0.15) is 0 Å². The lowest BCUT2D eigenvalue weighted by Gasteiger charge is -2.37. The Kier molecular flexibility index (Phi) is 8.75. The van der Waals surface area contributed by atoms with E-state index in [1.54, 1.807) is 0 Å². The van der Waals surface area contributed by atoms with Crippen LogP contribution in [0.4, 0.5) is 0 Å². The van der Waals surface area contributed by atoms with Crippen molar-refractivity contribution in [3.8, 4) is 0 Å². The molecule has 6 nitrogen and oxygen atoms in total. The summed E-state index contributed by atoms with van der Waals surface area (Å²) in [7, 11) is 0. The van der Waals surface area contributed by atoms with E-state index in [-0.39, 0.29) is 59.5 Å². The second kappa shape index (κ2) is 11.2. The molecule has 0 radical (unpaired) electrons. The van der Waals surface area contributed by atoms with Crippen LogP contribution in [0.2, 0.25) is 0 Å². The molecule has 3 rings (SSSR count). The van der Waals surface area contributed by atoms with Gasteiger partial charge < -0.3 is 19.7 Å². The molecule has 0 bridgehead atoms. The Morgan fingerprint density at radius 3 is 1.38 bits per heavy atom. The molecule has 2 N–H and O–H groups in total. The van der Waals surface area contributed by atoms with Crippen molar-refractivity contribution in [2.24, 2.45) is 35.5 Å². The van der Waals surface area contributed by atoms with Crippen LogP contribution in [0, 0.1) is 35.5 Å². The van der Waals surface area contributed by atoms with Gasteiger partial charge >= 0.3 is 11.9 Å². The number of allylic oxidation sites excluding steroid dienone is 2. The second-order valence-corrected chi connectivity index (χ2v) is 11.7. The van der Waals surface area contributed by atoms with E-state index >= 15 is 0 Å². The van der Waals surface area contributed by atoms with Gasteiger partial charge in [0, 0.05) is 12.8 Å². The van der Waals surface area contributed by atoms with Crippen LogP contribution < -0.4 is 0 Å². The molecule has 0 aliphatic heterocycles. The molecule has 0 unspecified atom stereocenters. The van der Waals surface area contributed by atoms with E-state index in [1.165, 1.54) is 0 Å². The number of rotatable bonds is 6. The molecule has 0 saturated heterocycles. The van der Waals surface area contributed by atoms with E-state index in [0.29, 0.717) is 23.7 Å². The van der Waals surface area contributed by atoms with E-state index in [9.17, 15) is 19.8 Å². The maximum atomic E-state index is 13.0. The van der Waals surface area contributed by atoms with E-state index in [2.05, 4.69) is 41.5 Å². The summed E-state index contributed by atoms with van der Waals surface area (Å²) >= 11 is 0. The molecule has 3 aliphatic rings. The summed E-state index contributed by atoms with van der Waals surface area (Å²) in [5, 5.41) is 21.3. The summed E-state index contributed by atoms with van der Waals surface area (Å²) in [6, 6.07) is 0. The van der Waals surface area contributed by atoms with E-state index in [4.69, 9.17) is 9.47 Å². The van der Waals surface area contributed by atoms with Crippen molar-refractivity contribution in [1.29, 1.82) is 0 Å². The minimum atomic E-state index is -0.595. The van der Waals surface area contributed by atoms with Crippen molar-refractivity contribution in [3.63, 3.8) is 0 Å². The smallest absolute Gasteiger partial charge is 0.338 e. The fourth-order valence-electron chi connectivity index (χ4n) is 6.05. The highest BCUT2D eigenvalue weighted by Gasteiger charge is 2.38. The molecule has 6 heteroatoms. The van der Waals surface area contributed by atoms with Gasteiger partial charge in [-0.15, -0.1) is 0 Å². The number of carbonyl (C=O) groups excluding carboxylic acids is 2. The van der Waals surface area contributed by atoms with Gasteiger partial charge in [-0.25, -0.2) is 9.59 Å². The fourth-order valence-corrected chi connectivity index (χ4v) is 6.05.